The molecule has 6 nitrogen and oxygen atoms in total. The van der Waals surface area contributed by atoms with Crippen LogP contribution in [0.5, 0.6) is 17.2 Å². The molecule has 0 radical (unpaired) electrons. The van der Waals surface area contributed by atoms with Gasteiger partial charge in [0.1, 0.15) is 17.2 Å². The quantitative estimate of drug-likeness (QED) is 0.533. The second kappa shape index (κ2) is 9.09. The van der Waals surface area contributed by atoms with Gasteiger partial charge in [-0.25, -0.2) is 8.42 Å². The van der Waals surface area contributed by atoms with Crippen LogP contribution in [0.25, 0.3) is 0 Å². The van der Waals surface area contributed by atoms with Gasteiger partial charge in [0, 0.05) is 24.3 Å². The number of hydrogen-bond donors (Lipinski definition) is 0. The molecule has 0 heterocycles. The Hall–Kier alpha value is -3.19. The molecule has 0 saturated carbocycles. The number of rotatable bonds is 8. The lowest BCUT2D eigenvalue weighted by Gasteiger charge is -2.26. The van der Waals surface area contributed by atoms with Crippen LogP contribution < -0.4 is 18.5 Å². The summed E-state index contributed by atoms with van der Waals surface area (Å²) < 4.78 is 44.6. The van der Waals surface area contributed by atoms with Gasteiger partial charge in [0.2, 0.25) is 0 Å². The van der Waals surface area contributed by atoms with Crippen molar-refractivity contribution in [1.82, 2.24) is 0 Å². The fourth-order valence-electron chi connectivity index (χ4n) is 3.00. The third-order valence-corrected chi connectivity index (χ3v) is 6.47. The summed E-state index contributed by atoms with van der Waals surface area (Å²) in [5.41, 5.74) is 2.40. The standard InChI is InChI=1S/C23H25NO5S/c1-17-8-10-18(11-9-17)16-24(19-12-21(28-3)14-22(13-19)29-4)30(25,26)23-7-5-6-20(15-23)27-2/h5-15H,16H2,1-4H3. The summed E-state index contributed by atoms with van der Waals surface area (Å²) >= 11 is 0. The molecule has 0 unspecified atom stereocenters. The zero-order valence-electron chi connectivity index (χ0n) is 17.5. The van der Waals surface area contributed by atoms with Crippen molar-refractivity contribution < 1.29 is 22.6 Å². The smallest absolute Gasteiger partial charge is 0.264 e. The van der Waals surface area contributed by atoms with E-state index in [0.29, 0.717) is 22.9 Å². The number of sulfonamides is 1. The van der Waals surface area contributed by atoms with E-state index in [2.05, 4.69) is 0 Å². The van der Waals surface area contributed by atoms with Crippen LogP contribution in [-0.2, 0) is 16.6 Å². The highest BCUT2D eigenvalue weighted by molar-refractivity contribution is 7.92. The lowest BCUT2D eigenvalue weighted by atomic mass is 10.1. The largest absolute Gasteiger partial charge is 0.497 e. The highest BCUT2D eigenvalue weighted by atomic mass is 32.2. The minimum Gasteiger partial charge on any atom is -0.497 e. The lowest BCUT2D eigenvalue weighted by molar-refractivity contribution is 0.394. The highest BCUT2D eigenvalue weighted by Crippen LogP contribution is 2.33. The maximum absolute atomic E-state index is 13.7. The fourth-order valence-corrected chi connectivity index (χ4v) is 4.47. The highest BCUT2D eigenvalue weighted by Gasteiger charge is 2.27. The van der Waals surface area contributed by atoms with Crippen molar-refractivity contribution in [3.63, 3.8) is 0 Å². The van der Waals surface area contributed by atoms with Crippen LogP contribution in [0.4, 0.5) is 5.69 Å². The van der Waals surface area contributed by atoms with Crippen molar-refractivity contribution in [3.05, 3.63) is 77.9 Å². The van der Waals surface area contributed by atoms with Crippen molar-refractivity contribution in [3.8, 4) is 17.2 Å². The summed E-state index contributed by atoms with van der Waals surface area (Å²) in [4.78, 5) is 0.135. The Morgan fingerprint density at radius 3 is 1.93 bits per heavy atom. The van der Waals surface area contributed by atoms with Crippen LogP contribution in [-0.4, -0.2) is 29.7 Å². The molecule has 0 N–H and O–H groups in total. The second-order valence-corrected chi connectivity index (χ2v) is 8.61. The lowest BCUT2D eigenvalue weighted by Crippen LogP contribution is -2.30. The fraction of sp³-hybridized carbons (Fsp3) is 0.217. The number of ether oxygens (including phenoxy) is 3. The first-order chi connectivity index (χ1) is 14.4. The zero-order chi connectivity index (χ0) is 21.7. The van der Waals surface area contributed by atoms with Gasteiger partial charge in [-0.2, -0.15) is 0 Å². The second-order valence-electron chi connectivity index (χ2n) is 6.75. The third kappa shape index (κ3) is 4.68. The summed E-state index contributed by atoms with van der Waals surface area (Å²) in [7, 11) is 0.654. The molecule has 30 heavy (non-hydrogen) atoms. The predicted octanol–water partition coefficient (Wildman–Crippen LogP) is 4.42. The van der Waals surface area contributed by atoms with E-state index in [4.69, 9.17) is 14.2 Å². The van der Waals surface area contributed by atoms with Gasteiger partial charge < -0.3 is 14.2 Å². The van der Waals surface area contributed by atoms with Gasteiger partial charge in [-0.05, 0) is 24.6 Å². The van der Waals surface area contributed by atoms with Crippen LogP contribution in [0.1, 0.15) is 11.1 Å². The van der Waals surface area contributed by atoms with E-state index < -0.39 is 10.0 Å². The number of nitrogens with zero attached hydrogens (tertiary/aromatic N) is 1. The molecule has 0 atom stereocenters. The van der Waals surface area contributed by atoms with E-state index in [-0.39, 0.29) is 11.4 Å². The molecular formula is C23H25NO5S. The molecule has 3 aromatic rings. The normalized spacial score (nSPS) is 11.1. The Labute approximate surface area is 177 Å². The SMILES string of the molecule is COc1cc(OC)cc(N(Cc2ccc(C)cc2)S(=O)(=O)c2cccc(OC)c2)c1. The molecule has 0 bridgehead atoms. The van der Waals surface area contributed by atoms with Gasteiger partial charge in [-0.1, -0.05) is 35.9 Å². The summed E-state index contributed by atoms with van der Waals surface area (Å²) in [6, 6.07) is 19.2. The summed E-state index contributed by atoms with van der Waals surface area (Å²) in [6.45, 7) is 2.14. The molecule has 0 aliphatic heterocycles. The first-order valence-electron chi connectivity index (χ1n) is 9.33. The average Bonchev–Trinajstić information content (AvgIpc) is 2.78. The van der Waals surface area contributed by atoms with Crippen LogP contribution in [0.2, 0.25) is 0 Å². The zero-order valence-corrected chi connectivity index (χ0v) is 18.3. The van der Waals surface area contributed by atoms with Crippen LogP contribution in [0.15, 0.2) is 71.6 Å². The Morgan fingerprint density at radius 1 is 0.767 bits per heavy atom. The van der Waals surface area contributed by atoms with Gasteiger partial charge >= 0.3 is 0 Å². The van der Waals surface area contributed by atoms with E-state index in [1.165, 1.54) is 31.7 Å². The first-order valence-corrected chi connectivity index (χ1v) is 10.8. The summed E-state index contributed by atoms with van der Waals surface area (Å²) in [5, 5.41) is 0. The average molecular weight is 428 g/mol. The minimum atomic E-state index is -3.90. The van der Waals surface area contributed by atoms with Crippen LogP contribution in [0.3, 0.4) is 0 Å². The van der Waals surface area contributed by atoms with E-state index in [0.717, 1.165) is 11.1 Å². The molecule has 158 valence electrons. The maximum Gasteiger partial charge on any atom is 0.264 e. The van der Waals surface area contributed by atoms with E-state index in [1.807, 2.05) is 31.2 Å². The number of benzene rings is 3. The molecule has 0 spiro atoms. The maximum atomic E-state index is 13.7. The van der Waals surface area contributed by atoms with E-state index >= 15 is 0 Å². The summed E-state index contributed by atoms with van der Waals surface area (Å²) in [5.74, 6) is 1.47. The van der Waals surface area contributed by atoms with Crippen molar-refractivity contribution in [2.45, 2.75) is 18.4 Å². The van der Waals surface area contributed by atoms with Crippen molar-refractivity contribution >= 4 is 15.7 Å². The first kappa shape index (κ1) is 21.5. The molecule has 0 fully saturated rings. The summed E-state index contributed by atoms with van der Waals surface area (Å²) in [6.07, 6.45) is 0. The van der Waals surface area contributed by atoms with Gasteiger partial charge in [-0.3, -0.25) is 4.31 Å². The Bertz CT molecular complexity index is 1090. The molecule has 0 aliphatic carbocycles. The monoisotopic (exact) mass is 427 g/mol. The number of methoxy groups -OCH3 is 3. The number of anilines is 1. The van der Waals surface area contributed by atoms with Crippen molar-refractivity contribution in [1.29, 1.82) is 0 Å². The number of hydrogen-bond acceptors (Lipinski definition) is 5. The van der Waals surface area contributed by atoms with Gasteiger partial charge in [0.15, 0.2) is 0 Å². The Balaban J connectivity index is 2.15. The molecule has 0 aliphatic rings. The minimum absolute atomic E-state index is 0.135. The van der Waals surface area contributed by atoms with Crippen molar-refractivity contribution in [2.75, 3.05) is 25.6 Å². The molecular weight excluding hydrogens is 402 g/mol. The van der Waals surface area contributed by atoms with Gasteiger partial charge in [0.05, 0.1) is 38.5 Å². The predicted molar refractivity (Wildman–Crippen MR) is 117 cm³/mol. The molecule has 0 saturated heterocycles. The van der Waals surface area contributed by atoms with Gasteiger partial charge in [-0.15, -0.1) is 0 Å². The molecule has 7 heteroatoms. The van der Waals surface area contributed by atoms with Crippen LogP contribution >= 0.6 is 0 Å². The van der Waals surface area contributed by atoms with Crippen molar-refractivity contribution in [2.24, 2.45) is 0 Å². The van der Waals surface area contributed by atoms with Crippen LogP contribution in [0, 0.1) is 6.92 Å². The topological polar surface area (TPSA) is 65.1 Å². The van der Waals surface area contributed by atoms with E-state index in [1.54, 1.807) is 36.4 Å². The number of aryl methyl sites for hydroxylation is 1. The Morgan fingerprint density at radius 2 is 1.37 bits per heavy atom. The molecule has 0 aromatic heterocycles. The Kier molecular flexibility index (Phi) is 6.52. The third-order valence-electron chi connectivity index (χ3n) is 4.70. The molecule has 3 rings (SSSR count). The molecule has 3 aromatic carbocycles. The van der Waals surface area contributed by atoms with E-state index in [9.17, 15) is 8.42 Å². The molecule has 0 amide bonds. The van der Waals surface area contributed by atoms with Gasteiger partial charge in [0.25, 0.3) is 10.0 Å².